The molecule has 3 unspecified atom stereocenters. The van der Waals surface area contributed by atoms with Gasteiger partial charge in [0.2, 0.25) is 0 Å². The Morgan fingerprint density at radius 3 is 2.24 bits per heavy atom. The van der Waals surface area contributed by atoms with E-state index in [9.17, 15) is 39.7 Å². The number of hydrogen-bond acceptors (Lipinski definition) is 5. The molecule has 0 saturated carbocycles. The topological polar surface area (TPSA) is 67.2 Å². The van der Waals surface area contributed by atoms with Gasteiger partial charge in [0.05, 0.1) is 7.11 Å². The Labute approximate surface area is 168 Å². The van der Waals surface area contributed by atoms with Gasteiger partial charge in [0.25, 0.3) is 0 Å². The first-order valence-corrected chi connectivity index (χ1v) is 10.0. The number of carbonyl (C=O) groups is 1. The lowest BCUT2D eigenvalue weighted by Gasteiger charge is -2.33. The van der Waals surface area contributed by atoms with Gasteiger partial charge in [-0.25, -0.2) is 0 Å². The fraction of sp³-hybridized carbons (Fsp3) is 0.625. The van der Waals surface area contributed by atoms with E-state index in [1.165, 1.54) is 18.4 Å². The number of methoxy groups -OCH3 is 1. The molecule has 3 atom stereocenters. The molecule has 0 spiro atoms. The summed E-state index contributed by atoms with van der Waals surface area (Å²) >= 11 is 0.992. The summed E-state index contributed by atoms with van der Waals surface area (Å²) < 4.78 is 105. The van der Waals surface area contributed by atoms with E-state index in [1.54, 1.807) is 0 Å². The molecule has 1 aromatic heterocycles. The first-order chi connectivity index (χ1) is 13.1. The fourth-order valence-corrected chi connectivity index (χ4v) is 4.88. The van der Waals surface area contributed by atoms with Crippen LogP contribution in [0.2, 0.25) is 0 Å². The predicted molar refractivity (Wildman–Crippen MR) is 91.4 cm³/mol. The van der Waals surface area contributed by atoms with E-state index in [0.29, 0.717) is 5.56 Å². The zero-order valence-electron chi connectivity index (χ0n) is 15.3. The maximum Gasteiger partial charge on any atom is 0.459 e. The summed E-state index contributed by atoms with van der Waals surface area (Å²) in [6.45, 7) is 2.45. The molecule has 13 heteroatoms. The number of rotatable bonds is 8. The molecule has 1 rings (SSSR count). The smallest absolute Gasteiger partial charge is 0.459 e. The number of nitriles is 1. The number of alkyl halides is 7. The Hall–Kier alpha value is -1.68. The fourth-order valence-electron chi connectivity index (χ4n) is 2.42. The lowest BCUT2D eigenvalue weighted by Crippen LogP contribution is -2.53. The highest BCUT2D eigenvalue weighted by atomic mass is 32.2. The van der Waals surface area contributed by atoms with E-state index in [2.05, 4.69) is 4.74 Å². The third kappa shape index (κ3) is 4.74. The van der Waals surface area contributed by atoms with Crippen molar-refractivity contribution in [2.45, 2.75) is 49.0 Å². The summed E-state index contributed by atoms with van der Waals surface area (Å²) in [5.74, 6) is -15.3. The minimum atomic E-state index is -6.50. The number of thiophene rings is 1. The summed E-state index contributed by atoms with van der Waals surface area (Å²) in [4.78, 5) is 12.5. The number of nitrogens with zero attached hydrogens (tertiary/aromatic N) is 1. The van der Waals surface area contributed by atoms with E-state index >= 15 is 0 Å². The monoisotopic (exact) mass is 467 g/mol. The summed E-state index contributed by atoms with van der Waals surface area (Å²) in [5, 5.41) is 10.3. The van der Waals surface area contributed by atoms with Crippen molar-refractivity contribution in [1.82, 2.24) is 0 Å². The number of hydrogen-bond donors (Lipinski definition) is 0. The molecule has 0 aliphatic heterocycles. The molecule has 0 aliphatic carbocycles. The van der Waals surface area contributed by atoms with Gasteiger partial charge in [0, 0.05) is 28.9 Å². The molecule has 4 nitrogen and oxygen atoms in total. The zero-order valence-corrected chi connectivity index (χ0v) is 16.9. The standard InChI is InChI=1S/C16H16F7NO3S2/c1-9(10-6-11(7-24)28-8-10)13(2,12(25)27-3)29(26)5-4-14(17,18)15(19,20)16(21,22)23/h6,8-9H,4-5H2,1-3H3. The van der Waals surface area contributed by atoms with Crippen LogP contribution in [0.1, 0.15) is 36.6 Å². The van der Waals surface area contributed by atoms with Crippen molar-refractivity contribution in [2.75, 3.05) is 12.9 Å². The second-order valence-corrected chi connectivity index (χ2v) is 9.11. The highest BCUT2D eigenvalue weighted by molar-refractivity contribution is 7.87. The minimum absolute atomic E-state index is 0.237. The third-order valence-electron chi connectivity index (χ3n) is 4.54. The summed E-state index contributed by atoms with van der Waals surface area (Å²) in [7, 11) is -1.70. The summed E-state index contributed by atoms with van der Waals surface area (Å²) in [6, 6.07) is 3.20. The lowest BCUT2D eigenvalue weighted by molar-refractivity contribution is -0.354. The zero-order chi connectivity index (χ0) is 22.8. The first kappa shape index (κ1) is 25.4. The molecular formula is C16H16F7NO3S2. The van der Waals surface area contributed by atoms with Gasteiger partial charge in [-0.1, -0.05) is 6.92 Å². The Kier molecular flexibility index (Phi) is 7.51. The van der Waals surface area contributed by atoms with Gasteiger partial charge >= 0.3 is 24.0 Å². The minimum Gasteiger partial charge on any atom is -0.468 e. The van der Waals surface area contributed by atoms with Crippen LogP contribution in [0.15, 0.2) is 11.4 Å². The van der Waals surface area contributed by atoms with Gasteiger partial charge in [-0.2, -0.15) is 36.0 Å². The van der Waals surface area contributed by atoms with Gasteiger partial charge < -0.3 is 4.74 Å². The van der Waals surface area contributed by atoms with Crippen molar-refractivity contribution >= 4 is 28.1 Å². The molecule has 0 saturated heterocycles. The quantitative estimate of drug-likeness (QED) is 0.413. The van der Waals surface area contributed by atoms with E-state index in [4.69, 9.17) is 5.26 Å². The van der Waals surface area contributed by atoms with E-state index in [0.717, 1.165) is 25.4 Å². The molecule has 0 bridgehead atoms. The van der Waals surface area contributed by atoms with Crippen LogP contribution < -0.4 is 0 Å². The molecule has 0 radical (unpaired) electrons. The molecule has 29 heavy (non-hydrogen) atoms. The van der Waals surface area contributed by atoms with Crippen molar-refractivity contribution in [2.24, 2.45) is 0 Å². The molecule has 0 fully saturated rings. The number of esters is 1. The van der Waals surface area contributed by atoms with Crippen molar-refractivity contribution in [1.29, 1.82) is 5.26 Å². The molecule has 0 amide bonds. The normalized spacial score (nSPS) is 17.1. The number of carbonyl (C=O) groups excluding carboxylic acids is 1. The van der Waals surface area contributed by atoms with Crippen LogP contribution in [0.5, 0.6) is 0 Å². The summed E-state index contributed by atoms with van der Waals surface area (Å²) in [6.07, 6.45) is -8.57. The van der Waals surface area contributed by atoms with Crippen molar-refractivity contribution in [3.63, 3.8) is 0 Å². The predicted octanol–water partition coefficient (Wildman–Crippen LogP) is 4.63. The maximum absolute atomic E-state index is 13.5. The Bertz CT molecular complexity index is 816. The maximum atomic E-state index is 13.5. The van der Waals surface area contributed by atoms with Crippen LogP contribution in [-0.4, -0.2) is 45.8 Å². The van der Waals surface area contributed by atoms with Gasteiger partial charge in [0.15, 0.2) is 0 Å². The van der Waals surface area contributed by atoms with E-state index < -0.39 is 57.6 Å². The second kappa shape index (κ2) is 8.59. The average molecular weight is 467 g/mol. The Morgan fingerprint density at radius 1 is 1.28 bits per heavy atom. The highest BCUT2D eigenvalue weighted by Crippen LogP contribution is 2.48. The first-order valence-electron chi connectivity index (χ1n) is 7.84. The van der Waals surface area contributed by atoms with Gasteiger partial charge in [-0.3, -0.25) is 9.00 Å². The van der Waals surface area contributed by atoms with Crippen LogP contribution in [-0.2, 0) is 20.3 Å². The van der Waals surface area contributed by atoms with Gasteiger partial charge in [-0.15, -0.1) is 11.3 Å². The van der Waals surface area contributed by atoms with Gasteiger partial charge in [0.1, 0.15) is 15.7 Å². The van der Waals surface area contributed by atoms with Crippen LogP contribution >= 0.6 is 11.3 Å². The molecule has 0 N–H and O–H groups in total. The Morgan fingerprint density at radius 2 is 1.83 bits per heavy atom. The molecule has 0 aliphatic rings. The highest BCUT2D eigenvalue weighted by Gasteiger charge is 2.72. The number of halogens is 7. The third-order valence-corrected chi connectivity index (χ3v) is 7.43. The van der Waals surface area contributed by atoms with Crippen LogP contribution in [0.3, 0.4) is 0 Å². The second-order valence-electron chi connectivity index (χ2n) is 6.25. The Balaban J connectivity index is 3.18. The molecule has 0 aromatic carbocycles. The average Bonchev–Trinajstić information content (AvgIpc) is 3.12. The largest absolute Gasteiger partial charge is 0.468 e. The van der Waals surface area contributed by atoms with E-state index in [-0.39, 0.29) is 4.88 Å². The van der Waals surface area contributed by atoms with Crippen molar-refractivity contribution in [3.05, 3.63) is 21.9 Å². The van der Waals surface area contributed by atoms with Gasteiger partial charge in [-0.05, 0) is 23.9 Å². The van der Waals surface area contributed by atoms with Crippen LogP contribution in [0, 0.1) is 11.3 Å². The van der Waals surface area contributed by atoms with Crippen molar-refractivity contribution in [3.8, 4) is 6.07 Å². The SMILES string of the molecule is COC(=O)C(C)(C(C)c1csc(C#N)c1)S(=O)CCC(F)(F)C(F)(F)C(F)(F)F. The van der Waals surface area contributed by atoms with Crippen LogP contribution in [0.4, 0.5) is 30.7 Å². The molecular weight excluding hydrogens is 451 g/mol. The van der Waals surface area contributed by atoms with Crippen molar-refractivity contribution < 1.29 is 44.5 Å². The lowest BCUT2D eigenvalue weighted by atomic mass is 9.89. The van der Waals surface area contributed by atoms with Crippen LogP contribution in [0.25, 0.3) is 0 Å². The molecule has 164 valence electrons. The molecule has 1 heterocycles. The summed E-state index contributed by atoms with van der Waals surface area (Å²) in [5.41, 5.74) is 0.334. The number of ether oxygens (including phenoxy) is 1. The van der Waals surface area contributed by atoms with E-state index in [1.807, 2.05) is 6.07 Å². The molecule has 1 aromatic rings.